The van der Waals surface area contributed by atoms with E-state index in [1.165, 1.54) is 42.5 Å². The Morgan fingerprint density at radius 3 is 2.39 bits per heavy atom. The average molecular weight is 466 g/mol. The van der Waals surface area contributed by atoms with Gasteiger partial charge in [-0.2, -0.15) is 9.57 Å². The van der Waals surface area contributed by atoms with Crippen molar-refractivity contribution in [2.24, 2.45) is 0 Å². The summed E-state index contributed by atoms with van der Waals surface area (Å²) in [6.07, 6.45) is 7.80. The molecule has 0 radical (unpaired) electrons. The SMILES string of the molecule is N#Cc1ccc(S(=O)(=O)N2CCCC2COc2ccc3c(c2)CCN(C2CCC2)CC3)cc1. The third kappa shape index (κ3) is 4.65. The minimum Gasteiger partial charge on any atom is -0.492 e. The van der Waals surface area contributed by atoms with Crippen molar-refractivity contribution in [2.45, 2.75) is 61.9 Å². The summed E-state index contributed by atoms with van der Waals surface area (Å²) in [5, 5.41) is 8.98. The van der Waals surface area contributed by atoms with E-state index in [-0.39, 0.29) is 10.9 Å². The summed E-state index contributed by atoms with van der Waals surface area (Å²) in [5.41, 5.74) is 3.23. The van der Waals surface area contributed by atoms with Crippen molar-refractivity contribution in [1.82, 2.24) is 9.21 Å². The van der Waals surface area contributed by atoms with Crippen molar-refractivity contribution in [1.29, 1.82) is 5.26 Å². The molecule has 1 saturated heterocycles. The topological polar surface area (TPSA) is 73.6 Å². The van der Waals surface area contributed by atoms with Gasteiger partial charge in [-0.3, -0.25) is 4.90 Å². The molecule has 0 aromatic heterocycles. The maximum Gasteiger partial charge on any atom is 0.243 e. The van der Waals surface area contributed by atoms with Gasteiger partial charge in [0.15, 0.2) is 0 Å². The van der Waals surface area contributed by atoms with E-state index in [9.17, 15) is 8.42 Å². The van der Waals surface area contributed by atoms with E-state index in [0.29, 0.717) is 18.7 Å². The van der Waals surface area contributed by atoms with Crippen molar-refractivity contribution in [3.05, 3.63) is 59.2 Å². The third-order valence-electron chi connectivity index (χ3n) is 7.46. The highest BCUT2D eigenvalue weighted by atomic mass is 32.2. The molecule has 2 heterocycles. The van der Waals surface area contributed by atoms with Gasteiger partial charge in [0.2, 0.25) is 10.0 Å². The Morgan fingerprint density at radius 1 is 0.939 bits per heavy atom. The van der Waals surface area contributed by atoms with Crippen LogP contribution in [0.25, 0.3) is 0 Å². The number of ether oxygens (including phenoxy) is 1. The summed E-state index contributed by atoms with van der Waals surface area (Å²) < 4.78 is 34.1. The molecule has 33 heavy (non-hydrogen) atoms. The lowest BCUT2D eigenvalue weighted by molar-refractivity contribution is 0.133. The standard InChI is InChI=1S/C26H31N3O3S/c27-18-20-6-10-26(11-7-20)33(30,31)29-14-2-5-24(29)19-32-25-9-8-21-12-15-28(23-3-1-4-23)16-13-22(21)17-25/h6-11,17,23-24H,1-5,12-16,19H2. The van der Waals surface area contributed by atoms with E-state index in [2.05, 4.69) is 17.0 Å². The van der Waals surface area contributed by atoms with Crippen LogP contribution in [-0.4, -0.2) is 55.9 Å². The van der Waals surface area contributed by atoms with E-state index in [4.69, 9.17) is 10.00 Å². The van der Waals surface area contributed by atoms with E-state index >= 15 is 0 Å². The van der Waals surface area contributed by atoms with Crippen LogP contribution in [0.2, 0.25) is 0 Å². The molecule has 7 heteroatoms. The van der Waals surface area contributed by atoms with Crippen LogP contribution in [0.3, 0.4) is 0 Å². The zero-order chi connectivity index (χ0) is 22.8. The number of hydrogen-bond acceptors (Lipinski definition) is 5. The Kier molecular flexibility index (Phi) is 6.42. The summed E-state index contributed by atoms with van der Waals surface area (Å²) in [5.74, 6) is 0.827. The van der Waals surface area contributed by atoms with Gasteiger partial charge in [-0.25, -0.2) is 8.42 Å². The molecule has 6 nitrogen and oxygen atoms in total. The van der Waals surface area contributed by atoms with Gasteiger partial charge in [0, 0.05) is 25.7 Å². The first kappa shape index (κ1) is 22.4. The quantitative estimate of drug-likeness (QED) is 0.650. The number of fused-ring (bicyclic) bond motifs is 1. The van der Waals surface area contributed by atoms with Crippen molar-refractivity contribution in [2.75, 3.05) is 26.2 Å². The highest BCUT2D eigenvalue weighted by Crippen LogP contribution is 2.30. The van der Waals surface area contributed by atoms with Crippen LogP contribution in [0.4, 0.5) is 0 Å². The first-order chi connectivity index (χ1) is 16.0. The van der Waals surface area contributed by atoms with Crippen molar-refractivity contribution < 1.29 is 13.2 Å². The Bertz CT molecular complexity index is 1140. The Hall–Kier alpha value is -2.40. The lowest BCUT2D eigenvalue weighted by Crippen LogP contribution is -2.41. The lowest BCUT2D eigenvalue weighted by atomic mass is 9.91. The predicted molar refractivity (Wildman–Crippen MR) is 127 cm³/mol. The molecule has 2 aliphatic heterocycles. The first-order valence-electron chi connectivity index (χ1n) is 12.1. The highest BCUT2D eigenvalue weighted by Gasteiger charge is 2.35. The van der Waals surface area contributed by atoms with Crippen LogP contribution >= 0.6 is 0 Å². The zero-order valence-corrected chi connectivity index (χ0v) is 19.8. The van der Waals surface area contributed by atoms with E-state index < -0.39 is 10.0 Å². The molecular formula is C26H31N3O3S. The number of rotatable bonds is 6. The minimum atomic E-state index is -3.61. The molecule has 0 N–H and O–H groups in total. The molecule has 1 unspecified atom stereocenters. The van der Waals surface area contributed by atoms with Gasteiger partial charge in [-0.15, -0.1) is 0 Å². The highest BCUT2D eigenvalue weighted by molar-refractivity contribution is 7.89. The van der Waals surface area contributed by atoms with E-state index in [1.807, 2.05) is 12.1 Å². The normalized spacial score (nSPS) is 22.2. The van der Waals surface area contributed by atoms with Gasteiger partial charge in [0.1, 0.15) is 12.4 Å². The van der Waals surface area contributed by atoms with Crippen LogP contribution in [0.5, 0.6) is 5.75 Å². The number of nitriles is 1. The lowest BCUT2D eigenvalue weighted by Gasteiger charge is -2.36. The number of benzene rings is 2. The van der Waals surface area contributed by atoms with Gasteiger partial charge >= 0.3 is 0 Å². The Morgan fingerprint density at radius 2 is 1.70 bits per heavy atom. The van der Waals surface area contributed by atoms with Crippen LogP contribution < -0.4 is 4.74 Å². The van der Waals surface area contributed by atoms with Gasteiger partial charge in [-0.05, 0) is 86.1 Å². The smallest absolute Gasteiger partial charge is 0.243 e. The maximum atomic E-state index is 13.2. The molecule has 0 bridgehead atoms. The van der Waals surface area contributed by atoms with Gasteiger partial charge in [0.25, 0.3) is 0 Å². The summed E-state index contributed by atoms with van der Waals surface area (Å²) >= 11 is 0. The third-order valence-corrected chi connectivity index (χ3v) is 9.43. The van der Waals surface area contributed by atoms with Crippen LogP contribution in [-0.2, 0) is 22.9 Å². The van der Waals surface area contributed by atoms with E-state index in [0.717, 1.165) is 50.6 Å². The van der Waals surface area contributed by atoms with Crippen LogP contribution in [0, 0.1) is 11.3 Å². The minimum absolute atomic E-state index is 0.182. The molecule has 0 amide bonds. The molecule has 1 aliphatic carbocycles. The van der Waals surface area contributed by atoms with Crippen molar-refractivity contribution in [3.8, 4) is 11.8 Å². The summed E-state index contributed by atoms with van der Waals surface area (Å²) in [6.45, 7) is 3.10. The fourth-order valence-electron chi connectivity index (χ4n) is 5.25. The zero-order valence-electron chi connectivity index (χ0n) is 18.9. The molecule has 3 aliphatic rings. The van der Waals surface area contributed by atoms with E-state index in [1.54, 1.807) is 16.4 Å². The molecule has 2 aromatic carbocycles. The fraction of sp³-hybridized carbons (Fsp3) is 0.500. The van der Waals surface area contributed by atoms with Gasteiger partial charge in [0.05, 0.1) is 22.6 Å². The fourth-order valence-corrected chi connectivity index (χ4v) is 6.93. The van der Waals surface area contributed by atoms with Crippen LogP contribution in [0.1, 0.15) is 48.8 Å². The maximum absolute atomic E-state index is 13.2. The number of nitrogens with zero attached hydrogens (tertiary/aromatic N) is 3. The Balaban J connectivity index is 1.24. The molecule has 174 valence electrons. The molecule has 5 rings (SSSR count). The second-order valence-corrected chi connectivity index (χ2v) is 11.3. The van der Waals surface area contributed by atoms with Crippen molar-refractivity contribution >= 4 is 10.0 Å². The van der Waals surface area contributed by atoms with Gasteiger partial charge < -0.3 is 4.74 Å². The number of hydrogen-bond donors (Lipinski definition) is 0. The molecule has 1 saturated carbocycles. The first-order valence-corrected chi connectivity index (χ1v) is 13.5. The summed E-state index contributed by atoms with van der Waals surface area (Å²) in [4.78, 5) is 2.88. The van der Waals surface area contributed by atoms with Gasteiger partial charge in [-0.1, -0.05) is 12.5 Å². The van der Waals surface area contributed by atoms with Crippen molar-refractivity contribution in [3.63, 3.8) is 0 Å². The molecule has 1 atom stereocenters. The number of sulfonamides is 1. The molecule has 2 fully saturated rings. The molecule has 2 aromatic rings. The second kappa shape index (κ2) is 9.46. The second-order valence-electron chi connectivity index (χ2n) is 9.41. The largest absolute Gasteiger partial charge is 0.492 e. The average Bonchev–Trinajstić information content (AvgIpc) is 3.19. The predicted octanol–water partition coefficient (Wildman–Crippen LogP) is 3.74. The van der Waals surface area contributed by atoms with Crippen LogP contribution in [0.15, 0.2) is 47.4 Å². The monoisotopic (exact) mass is 465 g/mol. The molecule has 0 spiro atoms. The molecular weight excluding hydrogens is 434 g/mol. The Labute approximate surface area is 196 Å². The summed E-state index contributed by atoms with van der Waals surface area (Å²) in [6, 6.07) is 15.2. The summed E-state index contributed by atoms with van der Waals surface area (Å²) in [7, 11) is -3.61.